The molecule has 2 aromatic heterocycles. The Kier molecular flexibility index (Phi) is 3.43. The standard InChI is InChI=1S/C15H12FN3S/c1-10-6-7-17-8-13(10)14-9-20-15(19-14)18-12-4-2-11(16)3-5-12/h2-9H,1H3,(H,18,19). The summed E-state index contributed by atoms with van der Waals surface area (Å²) < 4.78 is 12.8. The molecule has 0 amide bonds. The van der Waals surface area contributed by atoms with Crippen LogP contribution in [0.15, 0.2) is 48.1 Å². The van der Waals surface area contributed by atoms with E-state index in [0.29, 0.717) is 0 Å². The summed E-state index contributed by atoms with van der Waals surface area (Å²) >= 11 is 1.51. The van der Waals surface area contributed by atoms with Gasteiger partial charge >= 0.3 is 0 Å². The number of pyridine rings is 1. The van der Waals surface area contributed by atoms with Gasteiger partial charge in [0.2, 0.25) is 0 Å². The zero-order valence-corrected chi connectivity index (χ0v) is 11.6. The first-order valence-corrected chi connectivity index (χ1v) is 6.99. The number of hydrogen-bond acceptors (Lipinski definition) is 4. The Morgan fingerprint density at radius 1 is 1.15 bits per heavy atom. The van der Waals surface area contributed by atoms with Crippen molar-refractivity contribution in [2.75, 3.05) is 5.32 Å². The normalized spacial score (nSPS) is 10.5. The van der Waals surface area contributed by atoms with Crippen LogP contribution in [-0.4, -0.2) is 9.97 Å². The number of anilines is 2. The molecular weight excluding hydrogens is 273 g/mol. The SMILES string of the molecule is Cc1ccncc1-c1csc(Nc2ccc(F)cc2)n1. The van der Waals surface area contributed by atoms with Crippen molar-refractivity contribution >= 4 is 22.2 Å². The van der Waals surface area contributed by atoms with E-state index in [0.717, 1.165) is 27.6 Å². The highest BCUT2D eigenvalue weighted by Crippen LogP contribution is 2.28. The lowest BCUT2D eigenvalue weighted by molar-refractivity contribution is 0.628. The summed E-state index contributed by atoms with van der Waals surface area (Å²) in [5, 5.41) is 5.92. The van der Waals surface area contributed by atoms with Crippen molar-refractivity contribution in [3.63, 3.8) is 0 Å². The van der Waals surface area contributed by atoms with Crippen molar-refractivity contribution in [3.05, 3.63) is 59.5 Å². The predicted octanol–water partition coefficient (Wildman–Crippen LogP) is 4.40. The molecular formula is C15H12FN3S. The number of nitrogens with zero attached hydrogens (tertiary/aromatic N) is 2. The van der Waals surface area contributed by atoms with E-state index < -0.39 is 0 Å². The lowest BCUT2D eigenvalue weighted by Crippen LogP contribution is -1.90. The Hall–Kier alpha value is -2.27. The molecule has 0 saturated heterocycles. The third-order valence-corrected chi connectivity index (χ3v) is 3.67. The molecule has 0 atom stereocenters. The summed E-state index contributed by atoms with van der Waals surface area (Å²) in [6.07, 6.45) is 3.58. The Labute approximate surface area is 120 Å². The molecule has 0 fully saturated rings. The molecule has 1 N–H and O–H groups in total. The molecule has 5 heteroatoms. The summed E-state index contributed by atoms with van der Waals surface area (Å²) in [5.41, 5.74) is 3.87. The molecule has 0 unspecified atom stereocenters. The van der Waals surface area contributed by atoms with Gasteiger partial charge in [0, 0.05) is 29.0 Å². The van der Waals surface area contributed by atoms with Crippen LogP contribution < -0.4 is 5.32 Å². The van der Waals surface area contributed by atoms with E-state index in [1.165, 1.54) is 23.5 Å². The number of hydrogen-bond donors (Lipinski definition) is 1. The van der Waals surface area contributed by atoms with E-state index in [4.69, 9.17) is 0 Å². The van der Waals surface area contributed by atoms with Crippen LogP contribution in [0.25, 0.3) is 11.3 Å². The van der Waals surface area contributed by atoms with Gasteiger partial charge in [-0.1, -0.05) is 0 Å². The highest BCUT2D eigenvalue weighted by Gasteiger charge is 2.07. The first kappa shape index (κ1) is 12.7. The number of rotatable bonds is 3. The van der Waals surface area contributed by atoms with E-state index in [-0.39, 0.29) is 5.82 Å². The van der Waals surface area contributed by atoms with Crippen molar-refractivity contribution in [3.8, 4) is 11.3 Å². The van der Waals surface area contributed by atoms with E-state index in [1.807, 2.05) is 24.6 Å². The first-order chi connectivity index (χ1) is 9.72. The predicted molar refractivity (Wildman–Crippen MR) is 79.8 cm³/mol. The highest BCUT2D eigenvalue weighted by molar-refractivity contribution is 7.14. The number of nitrogens with one attached hydrogen (secondary N) is 1. The minimum atomic E-state index is -0.249. The van der Waals surface area contributed by atoms with E-state index in [1.54, 1.807) is 18.3 Å². The van der Waals surface area contributed by atoms with Gasteiger partial charge in [-0.15, -0.1) is 11.3 Å². The van der Waals surface area contributed by atoms with Gasteiger partial charge in [0.1, 0.15) is 5.82 Å². The molecule has 1 aromatic carbocycles. The number of halogens is 1. The maximum atomic E-state index is 12.8. The van der Waals surface area contributed by atoms with Crippen LogP contribution in [0.1, 0.15) is 5.56 Å². The number of benzene rings is 1. The Bertz CT molecular complexity index is 722. The first-order valence-electron chi connectivity index (χ1n) is 6.11. The second-order valence-electron chi connectivity index (χ2n) is 4.36. The molecule has 0 aliphatic heterocycles. The Balaban J connectivity index is 1.84. The maximum absolute atomic E-state index is 12.8. The summed E-state index contributed by atoms with van der Waals surface area (Å²) in [5.74, 6) is -0.249. The van der Waals surface area contributed by atoms with Crippen LogP contribution in [0.3, 0.4) is 0 Å². The van der Waals surface area contributed by atoms with Crippen molar-refractivity contribution in [1.82, 2.24) is 9.97 Å². The van der Waals surface area contributed by atoms with Crippen molar-refractivity contribution < 1.29 is 4.39 Å². The fourth-order valence-corrected chi connectivity index (χ4v) is 2.57. The van der Waals surface area contributed by atoms with Crippen LogP contribution in [0.5, 0.6) is 0 Å². The zero-order valence-electron chi connectivity index (χ0n) is 10.8. The zero-order chi connectivity index (χ0) is 13.9. The third-order valence-electron chi connectivity index (χ3n) is 2.91. The second kappa shape index (κ2) is 5.38. The minimum absolute atomic E-state index is 0.249. The number of thiazole rings is 1. The monoisotopic (exact) mass is 285 g/mol. The largest absolute Gasteiger partial charge is 0.332 e. The lowest BCUT2D eigenvalue weighted by Gasteiger charge is -2.02. The summed E-state index contributed by atoms with van der Waals surface area (Å²) in [6.45, 7) is 2.03. The second-order valence-corrected chi connectivity index (χ2v) is 5.22. The summed E-state index contributed by atoms with van der Waals surface area (Å²) in [6, 6.07) is 8.17. The van der Waals surface area contributed by atoms with E-state index >= 15 is 0 Å². The average molecular weight is 285 g/mol. The Morgan fingerprint density at radius 2 is 1.95 bits per heavy atom. The molecule has 100 valence electrons. The molecule has 0 saturated carbocycles. The van der Waals surface area contributed by atoms with Gasteiger partial charge in [0.15, 0.2) is 5.13 Å². The van der Waals surface area contributed by atoms with Crippen LogP contribution >= 0.6 is 11.3 Å². The maximum Gasteiger partial charge on any atom is 0.187 e. The Morgan fingerprint density at radius 3 is 2.70 bits per heavy atom. The molecule has 3 aromatic rings. The van der Waals surface area contributed by atoms with Crippen LogP contribution in [-0.2, 0) is 0 Å². The number of aromatic nitrogens is 2. The van der Waals surface area contributed by atoms with Crippen LogP contribution in [0, 0.1) is 12.7 Å². The summed E-state index contributed by atoms with van der Waals surface area (Å²) in [4.78, 5) is 8.66. The summed E-state index contributed by atoms with van der Waals surface area (Å²) in [7, 11) is 0. The molecule has 0 aliphatic rings. The van der Waals surface area contributed by atoms with E-state index in [9.17, 15) is 4.39 Å². The van der Waals surface area contributed by atoms with Crippen molar-refractivity contribution in [2.24, 2.45) is 0 Å². The molecule has 0 bridgehead atoms. The molecule has 3 nitrogen and oxygen atoms in total. The quantitative estimate of drug-likeness (QED) is 0.775. The van der Waals surface area contributed by atoms with Crippen molar-refractivity contribution in [1.29, 1.82) is 0 Å². The fourth-order valence-electron chi connectivity index (χ4n) is 1.84. The molecule has 20 heavy (non-hydrogen) atoms. The topological polar surface area (TPSA) is 37.8 Å². The van der Waals surface area contributed by atoms with Crippen molar-refractivity contribution in [2.45, 2.75) is 6.92 Å². The molecule has 3 rings (SSSR count). The molecule has 0 spiro atoms. The molecule has 0 radical (unpaired) electrons. The van der Waals surface area contributed by atoms with Gasteiger partial charge in [-0.05, 0) is 42.8 Å². The van der Waals surface area contributed by atoms with Gasteiger partial charge in [-0.3, -0.25) is 4.98 Å². The smallest absolute Gasteiger partial charge is 0.187 e. The van der Waals surface area contributed by atoms with Crippen LogP contribution in [0.4, 0.5) is 15.2 Å². The minimum Gasteiger partial charge on any atom is -0.332 e. The van der Waals surface area contributed by atoms with Gasteiger partial charge in [-0.25, -0.2) is 9.37 Å². The average Bonchev–Trinajstić information content (AvgIpc) is 2.90. The molecule has 2 heterocycles. The van der Waals surface area contributed by atoms with Gasteiger partial charge < -0.3 is 5.32 Å². The van der Waals surface area contributed by atoms with Gasteiger partial charge in [0.05, 0.1) is 5.69 Å². The highest BCUT2D eigenvalue weighted by atomic mass is 32.1. The van der Waals surface area contributed by atoms with Gasteiger partial charge in [0.25, 0.3) is 0 Å². The van der Waals surface area contributed by atoms with Gasteiger partial charge in [-0.2, -0.15) is 0 Å². The lowest BCUT2D eigenvalue weighted by atomic mass is 10.1. The third kappa shape index (κ3) is 2.67. The molecule has 0 aliphatic carbocycles. The van der Waals surface area contributed by atoms with E-state index in [2.05, 4.69) is 15.3 Å². The van der Waals surface area contributed by atoms with Crippen LogP contribution in [0.2, 0.25) is 0 Å². The fraction of sp³-hybridized carbons (Fsp3) is 0.0667. The number of aryl methyl sites for hydroxylation is 1.